The Balaban J connectivity index is 3.92. The van der Waals surface area contributed by atoms with E-state index in [2.05, 4.69) is 5.32 Å². The molecule has 0 aromatic rings. The van der Waals surface area contributed by atoms with Gasteiger partial charge in [-0.3, -0.25) is 29.0 Å². The van der Waals surface area contributed by atoms with Gasteiger partial charge in [0.2, 0.25) is 0 Å². The number of carbonyl (C=O) groups is 5. The molecule has 1 N–H and O–H groups in total. The second-order valence-electron chi connectivity index (χ2n) is 7.61. The number of esters is 3. The van der Waals surface area contributed by atoms with Gasteiger partial charge >= 0.3 is 24.0 Å². The van der Waals surface area contributed by atoms with Gasteiger partial charge in [0.15, 0.2) is 0 Å². The Kier molecular flexibility index (Phi) is 19.0. The minimum Gasteiger partial charge on any atom is -0.465 e. The van der Waals surface area contributed by atoms with Gasteiger partial charge in [0.25, 0.3) is 0 Å². The molecule has 0 rings (SSSR count). The van der Waals surface area contributed by atoms with Gasteiger partial charge in [-0.2, -0.15) is 0 Å². The Morgan fingerprint density at radius 1 is 0.714 bits per heavy atom. The first-order valence-corrected chi connectivity index (χ1v) is 11.5. The summed E-state index contributed by atoms with van der Waals surface area (Å²) < 4.78 is 25.1. The molecule has 202 valence electrons. The highest BCUT2D eigenvalue weighted by atomic mass is 16.6. The lowest BCUT2D eigenvalue weighted by Gasteiger charge is -2.21. The molecule has 0 spiro atoms. The van der Waals surface area contributed by atoms with Gasteiger partial charge in [0.1, 0.15) is 25.6 Å². The summed E-state index contributed by atoms with van der Waals surface area (Å²) >= 11 is 0. The number of Topliss-reactive ketones (excluding diaryl/α,β-unsaturated/α-hetero) is 1. The zero-order valence-electron chi connectivity index (χ0n) is 21.2. The van der Waals surface area contributed by atoms with Crippen molar-refractivity contribution in [3.05, 3.63) is 0 Å². The number of ketones is 1. The summed E-state index contributed by atoms with van der Waals surface area (Å²) in [6, 6.07) is 0. The molecule has 0 aromatic carbocycles. The largest absolute Gasteiger partial charge is 0.465 e. The van der Waals surface area contributed by atoms with E-state index in [1.807, 2.05) is 6.92 Å². The van der Waals surface area contributed by atoms with Crippen LogP contribution >= 0.6 is 0 Å². The lowest BCUT2D eigenvalue weighted by Crippen LogP contribution is -2.37. The van der Waals surface area contributed by atoms with Crippen molar-refractivity contribution in [3.8, 4) is 0 Å². The van der Waals surface area contributed by atoms with Gasteiger partial charge in [0, 0.05) is 26.6 Å². The molecular formula is C22H39N3O10. The molecule has 0 unspecified atom stereocenters. The van der Waals surface area contributed by atoms with Crippen molar-refractivity contribution in [2.75, 3.05) is 86.0 Å². The maximum absolute atomic E-state index is 12.0. The summed E-state index contributed by atoms with van der Waals surface area (Å²) in [5.41, 5.74) is 0. The zero-order valence-corrected chi connectivity index (χ0v) is 21.2. The van der Waals surface area contributed by atoms with Gasteiger partial charge in [-0.25, -0.2) is 4.79 Å². The molecule has 0 heterocycles. The van der Waals surface area contributed by atoms with Crippen molar-refractivity contribution in [3.63, 3.8) is 0 Å². The number of hydrogen-bond donors (Lipinski definition) is 1. The summed E-state index contributed by atoms with van der Waals surface area (Å²) in [7, 11) is 1.57. The standard InChI is InChI=1S/C22H39N3O10/c1-5-9-35-22(30)23-6-10-31-13-14-34-21(29)17-24(4)16-20(28)33-12-8-25(15-18(2)26)7-11-32-19(3)27/h5-17H2,1-4H3,(H,23,30). The number of nitrogens with one attached hydrogen (secondary N) is 1. The van der Waals surface area contributed by atoms with Gasteiger partial charge < -0.3 is 29.0 Å². The van der Waals surface area contributed by atoms with Crippen LogP contribution in [0.25, 0.3) is 0 Å². The van der Waals surface area contributed by atoms with Gasteiger partial charge in [-0.15, -0.1) is 0 Å². The molecule has 1 amide bonds. The van der Waals surface area contributed by atoms with Crippen LogP contribution < -0.4 is 5.32 Å². The lowest BCUT2D eigenvalue weighted by atomic mass is 10.4. The number of alkyl carbamates (subject to hydrolysis) is 1. The van der Waals surface area contributed by atoms with Crippen LogP contribution in [0.4, 0.5) is 4.79 Å². The van der Waals surface area contributed by atoms with Crippen LogP contribution in [0, 0.1) is 0 Å². The highest BCUT2D eigenvalue weighted by Gasteiger charge is 2.14. The number of amides is 1. The predicted octanol–water partition coefficient (Wildman–Crippen LogP) is -0.388. The molecule has 35 heavy (non-hydrogen) atoms. The smallest absolute Gasteiger partial charge is 0.407 e. The van der Waals surface area contributed by atoms with Crippen molar-refractivity contribution >= 4 is 29.8 Å². The molecule has 0 aliphatic rings. The van der Waals surface area contributed by atoms with Crippen LogP contribution in [0.5, 0.6) is 0 Å². The van der Waals surface area contributed by atoms with Crippen LogP contribution in [-0.4, -0.2) is 126 Å². The topological polar surface area (TPSA) is 150 Å². The summed E-state index contributed by atoms with van der Waals surface area (Å²) in [4.78, 5) is 60.4. The zero-order chi connectivity index (χ0) is 26.5. The number of hydrogen-bond acceptors (Lipinski definition) is 12. The van der Waals surface area contributed by atoms with Crippen LogP contribution in [0.2, 0.25) is 0 Å². The third-order valence-electron chi connectivity index (χ3n) is 4.07. The Hall–Kier alpha value is -2.77. The minimum absolute atomic E-state index is 0.0384. The number of ether oxygens (including phenoxy) is 5. The maximum Gasteiger partial charge on any atom is 0.407 e. The highest BCUT2D eigenvalue weighted by molar-refractivity contribution is 5.77. The van der Waals surface area contributed by atoms with Crippen molar-refractivity contribution < 1.29 is 47.7 Å². The lowest BCUT2D eigenvalue weighted by molar-refractivity contribution is -0.149. The van der Waals surface area contributed by atoms with Crippen molar-refractivity contribution in [2.24, 2.45) is 0 Å². The number of likely N-dealkylation sites (N-methyl/N-ethyl adjacent to an activating group) is 1. The number of nitrogens with zero attached hydrogens (tertiary/aromatic N) is 2. The normalized spacial score (nSPS) is 10.7. The first-order chi connectivity index (χ1) is 16.6. The van der Waals surface area contributed by atoms with Crippen LogP contribution in [0.3, 0.4) is 0 Å². The fraction of sp³-hybridized carbons (Fsp3) is 0.773. The number of carbonyl (C=O) groups excluding carboxylic acids is 5. The second kappa shape index (κ2) is 20.6. The fourth-order valence-corrected chi connectivity index (χ4v) is 2.57. The van der Waals surface area contributed by atoms with Gasteiger partial charge in [-0.05, 0) is 20.4 Å². The van der Waals surface area contributed by atoms with E-state index in [4.69, 9.17) is 23.7 Å². The average molecular weight is 506 g/mol. The first kappa shape index (κ1) is 32.2. The number of rotatable bonds is 20. The Labute approximate surface area is 206 Å². The van der Waals surface area contributed by atoms with E-state index in [1.165, 1.54) is 18.7 Å². The molecule has 13 nitrogen and oxygen atoms in total. The van der Waals surface area contributed by atoms with E-state index in [-0.39, 0.29) is 65.0 Å². The van der Waals surface area contributed by atoms with Gasteiger partial charge in [0.05, 0.1) is 39.5 Å². The van der Waals surface area contributed by atoms with Crippen molar-refractivity contribution in [1.82, 2.24) is 15.1 Å². The third-order valence-corrected chi connectivity index (χ3v) is 4.07. The summed E-state index contributed by atoms with van der Waals surface area (Å²) in [6.07, 6.45) is 0.239. The first-order valence-electron chi connectivity index (χ1n) is 11.5. The molecule has 0 bridgehead atoms. The minimum atomic E-state index is -0.531. The van der Waals surface area contributed by atoms with Crippen molar-refractivity contribution in [2.45, 2.75) is 27.2 Å². The van der Waals surface area contributed by atoms with E-state index < -0.39 is 24.0 Å². The molecule has 0 aliphatic heterocycles. The Morgan fingerprint density at radius 2 is 1.31 bits per heavy atom. The molecule has 0 radical (unpaired) electrons. The average Bonchev–Trinajstić information content (AvgIpc) is 2.76. The van der Waals surface area contributed by atoms with E-state index in [0.29, 0.717) is 19.7 Å². The molecule has 0 saturated heterocycles. The predicted molar refractivity (Wildman–Crippen MR) is 124 cm³/mol. The van der Waals surface area contributed by atoms with E-state index in [0.717, 1.165) is 6.42 Å². The SMILES string of the molecule is CCCOC(=O)NCCOCCOC(=O)CN(C)CC(=O)OCCN(CCOC(C)=O)CC(C)=O. The van der Waals surface area contributed by atoms with Crippen LogP contribution in [-0.2, 0) is 42.9 Å². The molecule has 0 saturated carbocycles. The Bertz CT molecular complexity index is 659. The maximum atomic E-state index is 12.0. The van der Waals surface area contributed by atoms with Crippen LogP contribution in [0.15, 0.2) is 0 Å². The molecule has 0 atom stereocenters. The summed E-state index contributed by atoms with van der Waals surface area (Å²) in [5, 5.41) is 2.52. The quantitative estimate of drug-likeness (QED) is 0.130. The van der Waals surface area contributed by atoms with E-state index in [9.17, 15) is 24.0 Å². The summed E-state index contributed by atoms with van der Waals surface area (Å²) in [5.74, 6) is -1.53. The molecule has 0 aromatic heterocycles. The third kappa shape index (κ3) is 21.5. The summed E-state index contributed by atoms with van der Waals surface area (Å²) in [6.45, 7) is 6.46. The van der Waals surface area contributed by atoms with Gasteiger partial charge in [-0.1, -0.05) is 6.92 Å². The molecule has 0 aliphatic carbocycles. The fourth-order valence-electron chi connectivity index (χ4n) is 2.57. The van der Waals surface area contributed by atoms with Crippen molar-refractivity contribution in [1.29, 1.82) is 0 Å². The molecule has 0 fully saturated rings. The van der Waals surface area contributed by atoms with Crippen LogP contribution in [0.1, 0.15) is 27.2 Å². The van der Waals surface area contributed by atoms with E-state index >= 15 is 0 Å². The second-order valence-corrected chi connectivity index (χ2v) is 7.61. The Morgan fingerprint density at radius 3 is 1.89 bits per heavy atom. The van der Waals surface area contributed by atoms with E-state index in [1.54, 1.807) is 11.9 Å². The molecule has 13 heteroatoms. The molecular weight excluding hydrogens is 466 g/mol. The highest BCUT2D eigenvalue weighted by Crippen LogP contribution is 1.94. The monoisotopic (exact) mass is 505 g/mol.